The molecule has 0 bridgehead atoms. The van der Waals surface area contributed by atoms with Crippen LogP contribution in [-0.4, -0.2) is 29.4 Å². The van der Waals surface area contributed by atoms with Crippen molar-refractivity contribution in [3.05, 3.63) is 41.8 Å². The predicted octanol–water partition coefficient (Wildman–Crippen LogP) is 0.439. The molecule has 5 heteroatoms. The van der Waals surface area contributed by atoms with Crippen LogP contribution in [0, 0.1) is 6.42 Å². The summed E-state index contributed by atoms with van der Waals surface area (Å²) in [5, 5.41) is 0. The van der Waals surface area contributed by atoms with Gasteiger partial charge >= 0.3 is 0 Å². The molecule has 2 rings (SSSR count). The number of benzene rings is 1. The van der Waals surface area contributed by atoms with Crippen molar-refractivity contribution in [2.45, 2.75) is 25.4 Å². The Balaban J connectivity index is 1.99. The van der Waals surface area contributed by atoms with Crippen molar-refractivity contribution in [1.29, 1.82) is 0 Å². The van der Waals surface area contributed by atoms with E-state index in [1.54, 1.807) is 29.5 Å². The second-order valence-corrected chi connectivity index (χ2v) is 4.67. The molecule has 1 aliphatic rings. The summed E-state index contributed by atoms with van der Waals surface area (Å²) < 4.78 is 0. The average Bonchev–Trinajstić information content (AvgIpc) is 2.82. The van der Waals surface area contributed by atoms with E-state index in [9.17, 15) is 9.59 Å². The van der Waals surface area contributed by atoms with Crippen molar-refractivity contribution < 1.29 is 9.59 Å². The monoisotopic (exact) mass is 260 g/mol. The van der Waals surface area contributed by atoms with Gasteiger partial charge < -0.3 is 16.4 Å². The van der Waals surface area contributed by atoms with Gasteiger partial charge in [-0.1, -0.05) is 18.2 Å². The number of amides is 2. The van der Waals surface area contributed by atoms with Crippen LogP contribution in [0.25, 0.3) is 0 Å². The van der Waals surface area contributed by atoms with Gasteiger partial charge in [-0.3, -0.25) is 9.59 Å². The maximum absolute atomic E-state index is 12.0. The lowest BCUT2D eigenvalue weighted by molar-refractivity contribution is -0.128. The first kappa shape index (κ1) is 13.5. The van der Waals surface area contributed by atoms with Gasteiger partial charge in [0.2, 0.25) is 11.8 Å². The fourth-order valence-electron chi connectivity index (χ4n) is 2.32. The van der Waals surface area contributed by atoms with E-state index in [1.165, 1.54) is 0 Å². The minimum atomic E-state index is -0.477. The number of primary amides is 1. The molecule has 1 atom stereocenters. The Kier molecular flexibility index (Phi) is 4.16. The first-order valence-electron chi connectivity index (χ1n) is 6.36. The minimum absolute atomic E-state index is 0.0794. The smallest absolute Gasteiger partial charge is 0.248 e. The molecule has 5 nitrogen and oxygen atoms in total. The molecule has 1 fully saturated rings. The van der Waals surface area contributed by atoms with E-state index < -0.39 is 5.91 Å². The number of hydrogen-bond donors (Lipinski definition) is 2. The Bertz CT molecular complexity index is 487. The topological polar surface area (TPSA) is 89.4 Å². The summed E-state index contributed by atoms with van der Waals surface area (Å²) in [5.74, 6) is -0.557. The summed E-state index contributed by atoms with van der Waals surface area (Å²) in [6.07, 6.45) is 3.56. The molecule has 1 aromatic rings. The Hall–Kier alpha value is -1.88. The van der Waals surface area contributed by atoms with Gasteiger partial charge in [0, 0.05) is 12.1 Å². The second kappa shape index (κ2) is 5.84. The maximum atomic E-state index is 12.0. The van der Waals surface area contributed by atoms with Crippen LogP contribution < -0.4 is 11.5 Å². The van der Waals surface area contributed by atoms with E-state index in [1.807, 2.05) is 6.07 Å². The molecule has 0 aromatic heterocycles. The molecule has 0 spiro atoms. The molecule has 1 radical (unpaired) electrons. The van der Waals surface area contributed by atoms with E-state index in [-0.39, 0.29) is 12.1 Å². The van der Waals surface area contributed by atoms with Gasteiger partial charge in [0.1, 0.15) is 0 Å². The molecule has 1 saturated heterocycles. The zero-order valence-corrected chi connectivity index (χ0v) is 10.7. The van der Waals surface area contributed by atoms with Crippen molar-refractivity contribution in [3.63, 3.8) is 0 Å². The summed E-state index contributed by atoms with van der Waals surface area (Å²) in [5.41, 5.74) is 12.4. The maximum Gasteiger partial charge on any atom is 0.248 e. The average molecular weight is 260 g/mol. The van der Waals surface area contributed by atoms with E-state index in [4.69, 9.17) is 11.5 Å². The van der Waals surface area contributed by atoms with Crippen molar-refractivity contribution in [2.75, 3.05) is 6.54 Å². The number of rotatable bonds is 4. The van der Waals surface area contributed by atoms with Crippen molar-refractivity contribution in [2.24, 2.45) is 11.5 Å². The molecule has 101 valence electrons. The van der Waals surface area contributed by atoms with E-state index >= 15 is 0 Å². The van der Waals surface area contributed by atoms with Gasteiger partial charge in [0.15, 0.2) is 0 Å². The van der Waals surface area contributed by atoms with Crippen LogP contribution >= 0.6 is 0 Å². The molecule has 1 unspecified atom stereocenters. The van der Waals surface area contributed by atoms with Crippen LogP contribution in [0.15, 0.2) is 24.3 Å². The molecule has 1 heterocycles. The van der Waals surface area contributed by atoms with Crippen molar-refractivity contribution in [1.82, 2.24) is 4.90 Å². The van der Waals surface area contributed by atoms with Gasteiger partial charge in [-0.15, -0.1) is 0 Å². The lowest BCUT2D eigenvalue weighted by Gasteiger charge is -2.21. The van der Waals surface area contributed by atoms with E-state index in [0.29, 0.717) is 18.5 Å². The molecule has 0 aliphatic carbocycles. The fraction of sp³-hybridized carbons (Fsp3) is 0.357. The lowest BCUT2D eigenvalue weighted by atomic mass is 10.0. The largest absolute Gasteiger partial charge is 0.366 e. The Labute approximate surface area is 112 Å². The predicted molar refractivity (Wildman–Crippen MR) is 71.9 cm³/mol. The number of nitrogens with zero attached hydrogens (tertiary/aromatic N) is 1. The van der Waals surface area contributed by atoms with Crippen LogP contribution in [0.3, 0.4) is 0 Å². The summed E-state index contributed by atoms with van der Waals surface area (Å²) in [6, 6.07) is 7.04. The molecule has 19 heavy (non-hydrogen) atoms. The fourth-order valence-corrected chi connectivity index (χ4v) is 2.32. The minimum Gasteiger partial charge on any atom is -0.366 e. The molecular formula is C14H18N3O2. The summed E-state index contributed by atoms with van der Waals surface area (Å²) in [6.45, 7) is 0.702. The lowest BCUT2D eigenvalue weighted by Crippen LogP contribution is -2.41. The summed E-state index contributed by atoms with van der Waals surface area (Å²) >= 11 is 0. The molecule has 4 N–H and O–H groups in total. The van der Waals surface area contributed by atoms with Crippen LogP contribution in [0.4, 0.5) is 0 Å². The standard InChI is InChI=1S/C14H18N3O2/c15-12-6-3-9-17(12)13(18)8-7-10-4-1-2-5-11(10)14(16)19/h1-2,4-5,8,12H,3,6-7,9,15H2,(H2,16,19). The summed E-state index contributed by atoms with van der Waals surface area (Å²) in [4.78, 5) is 24.9. The third-order valence-electron chi connectivity index (χ3n) is 3.36. The van der Waals surface area contributed by atoms with Crippen molar-refractivity contribution in [3.8, 4) is 0 Å². The highest BCUT2D eigenvalue weighted by Crippen LogP contribution is 2.16. The van der Waals surface area contributed by atoms with Gasteiger partial charge in [-0.05, 0) is 30.9 Å². The highest BCUT2D eigenvalue weighted by atomic mass is 16.2. The number of hydrogen-bond acceptors (Lipinski definition) is 3. The van der Waals surface area contributed by atoms with Crippen LogP contribution in [-0.2, 0) is 11.2 Å². The normalized spacial score (nSPS) is 18.6. The van der Waals surface area contributed by atoms with Gasteiger partial charge in [-0.25, -0.2) is 0 Å². The third kappa shape index (κ3) is 3.12. The van der Waals surface area contributed by atoms with Gasteiger partial charge in [-0.2, -0.15) is 0 Å². The number of carbonyl (C=O) groups excluding carboxylic acids is 2. The first-order valence-corrected chi connectivity index (χ1v) is 6.36. The van der Waals surface area contributed by atoms with Crippen molar-refractivity contribution >= 4 is 11.8 Å². The van der Waals surface area contributed by atoms with Crippen LogP contribution in [0.5, 0.6) is 0 Å². The van der Waals surface area contributed by atoms with Crippen LogP contribution in [0.1, 0.15) is 28.8 Å². The molecule has 0 saturated carbocycles. The molecule has 1 aliphatic heterocycles. The van der Waals surface area contributed by atoms with E-state index in [2.05, 4.69) is 0 Å². The highest BCUT2D eigenvalue weighted by molar-refractivity contribution is 5.95. The third-order valence-corrected chi connectivity index (χ3v) is 3.36. The Morgan fingerprint density at radius 3 is 2.74 bits per heavy atom. The quantitative estimate of drug-likeness (QED) is 0.823. The summed E-state index contributed by atoms with van der Waals surface area (Å²) in [7, 11) is 0. The molecule has 1 aromatic carbocycles. The SMILES string of the molecule is NC(=O)c1ccccc1C[CH]C(=O)N1CCCC1N. The van der Waals surface area contributed by atoms with Gasteiger partial charge in [0.25, 0.3) is 0 Å². The van der Waals surface area contributed by atoms with Crippen LogP contribution in [0.2, 0.25) is 0 Å². The zero-order valence-electron chi connectivity index (χ0n) is 10.7. The second-order valence-electron chi connectivity index (χ2n) is 4.67. The number of likely N-dealkylation sites (tertiary alicyclic amines) is 1. The number of nitrogens with two attached hydrogens (primary N) is 2. The highest BCUT2D eigenvalue weighted by Gasteiger charge is 2.25. The zero-order chi connectivity index (χ0) is 13.8. The Morgan fingerprint density at radius 2 is 2.11 bits per heavy atom. The van der Waals surface area contributed by atoms with Gasteiger partial charge in [0.05, 0.1) is 12.6 Å². The number of carbonyl (C=O) groups is 2. The first-order chi connectivity index (χ1) is 9.09. The molecular weight excluding hydrogens is 242 g/mol. The molecule has 2 amide bonds. The van der Waals surface area contributed by atoms with E-state index in [0.717, 1.165) is 18.4 Å². The Morgan fingerprint density at radius 1 is 1.37 bits per heavy atom.